The fraction of sp³-hybridized carbons (Fsp3) is 0.467. The Hall–Kier alpha value is -1.28. The van der Waals surface area contributed by atoms with E-state index in [2.05, 4.69) is 48.9 Å². The zero-order chi connectivity index (χ0) is 12.3. The average Bonchev–Trinajstić information content (AvgIpc) is 2.70. The lowest BCUT2D eigenvalue weighted by Gasteiger charge is -2.08. The smallest absolute Gasteiger partial charge is 0.0483 e. The van der Waals surface area contributed by atoms with Gasteiger partial charge in [-0.25, -0.2) is 0 Å². The zero-order valence-electron chi connectivity index (χ0n) is 10.8. The predicted octanol–water partition coefficient (Wildman–Crippen LogP) is 3.33. The summed E-state index contributed by atoms with van der Waals surface area (Å²) in [6.45, 7) is 5.40. The largest absolute Gasteiger partial charge is 0.347 e. The summed E-state index contributed by atoms with van der Waals surface area (Å²) in [5, 5.41) is 1.36. The van der Waals surface area contributed by atoms with E-state index in [-0.39, 0.29) is 6.04 Å². The molecule has 0 aliphatic rings. The number of nitrogens with zero attached hydrogens (tertiary/aromatic N) is 1. The molecule has 0 saturated heterocycles. The van der Waals surface area contributed by atoms with Crippen LogP contribution in [0.25, 0.3) is 10.9 Å². The van der Waals surface area contributed by atoms with Crippen LogP contribution < -0.4 is 5.73 Å². The zero-order valence-corrected chi connectivity index (χ0v) is 10.8. The number of aryl methyl sites for hydroxylation is 1. The molecule has 0 radical (unpaired) electrons. The van der Waals surface area contributed by atoms with E-state index in [4.69, 9.17) is 5.73 Å². The van der Waals surface area contributed by atoms with Crippen LogP contribution in [0.1, 0.15) is 32.3 Å². The van der Waals surface area contributed by atoms with Crippen molar-refractivity contribution in [2.45, 2.75) is 45.7 Å². The minimum Gasteiger partial charge on any atom is -0.347 e. The minimum absolute atomic E-state index is 0.222. The molecule has 1 atom stereocenters. The summed E-state index contributed by atoms with van der Waals surface area (Å²) < 4.78 is 2.35. The van der Waals surface area contributed by atoms with Crippen LogP contribution in [-0.2, 0) is 13.0 Å². The highest BCUT2D eigenvalue weighted by molar-refractivity contribution is 5.83. The number of benzene rings is 1. The third-order valence-electron chi connectivity index (χ3n) is 3.20. The van der Waals surface area contributed by atoms with Gasteiger partial charge in [-0.1, -0.05) is 25.5 Å². The number of unbranched alkanes of at least 4 members (excludes halogenated alkanes) is 1. The summed E-state index contributed by atoms with van der Waals surface area (Å²) in [6.07, 6.45) is 5.63. The van der Waals surface area contributed by atoms with Crippen molar-refractivity contribution in [2.24, 2.45) is 5.73 Å². The van der Waals surface area contributed by atoms with Gasteiger partial charge in [-0.2, -0.15) is 0 Å². The molecule has 0 saturated carbocycles. The molecule has 17 heavy (non-hydrogen) atoms. The molecular formula is C15H22N2. The molecule has 92 valence electrons. The molecule has 0 aliphatic carbocycles. The van der Waals surface area contributed by atoms with E-state index in [1.54, 1.807) is 0 Å². The Kier molecular flexibility index (Phi) is 3.85. The van der Waals surface area contributed by atoms with Crippen LogP contribution >= 0.6 is 0 Å². The molecule has 2 N–H and O–H groups in total. The lowest BCUT2D eigenvalue weighted by molar-refractivity contribution is 0.650. The van der Waals surface area contributed by atoms with Gasteiger partial charge in [0.05, 0.1) is 0 Å². The molecule has 0 aliphatic heterocycles. The molecular weight excluding hydrogens is 208 g/mol. The van der Waals surface area contributed by atoms with E-state index in [0.717, 1.165) is 13.0 Å². The predicted molar refractivity (Wildman–Crippen MR) is 74.2 cm³/mol. The summed E-state index contributed by atoms with van der Waals surface area (Å²) in [5.74, 6) is 0. The number of nitrogens with two attached hydrogens (primary N) is 1. The van der Waals surface area contributed by atoms with Crippen molar-refractivity contribution < 1.29 is 0 Å². The molecule has 2 rings (SSSR count). The molecule has 2 heteroatoms. The van der Waals surface area contributed by atoms with Crippen molar-refractivity contribution in [1.82, 2.24) is 4.57 Å². The van der Waals surface area contributed by atoms with Crippen molar-refractivity contribution in [1.29, 1.82) is 0 Å². The monoisotopic (exact) mass is 230 g/mol. The highest BCUT2D eigenvalue weighted by Crippen LogP contribution is 2.21. The summed E-state index contributed by atoms with van der Waals surface area (Å²) in [5.41, 5.74) is 8.61. The van der Waals surface area contributed by atoms with Crippen LogP contribution in [0.3, 0.4) is 0 Å². The van der Waals surface area contributed by atoms with Gasteiger partial charge in [-0.15, -0.1) is 0 Å². The van der Waals surface area contributed by atoms with Gasteiger partial charge in [0.2, 0.25) is 0 Å². The topological polar surface area (TPSA) is 30.9 Å². The fourth-order valence-electron chi connectivity index (χ4n) is 2.34. The number of hydrogen-bond donors (Lipinski definition) is 1. The van der Waals surface area contributed by atoms with E-state index in [0.29, 0.717) is 0 Å². The van der Waals surface area contributed by atoms with E-state index in [1.165, 1.54) is 29.3 Å². The quantitative estimate of drug-likeness (QED) is 0.839. The van der Waals surface area contributed by atoms with Gasteiger partial charge in [-0.05, 0) is 37.5 Å². The molecule has 0 amide bonds. The highest BCUT2D eigenvalue weighted by atomic mass is 14.9. The van der Waals surface area contributed by atoms with Crippen molar-refractivity contribution in [2.75, 3.05) is 0 Å². The summed E-state index contributed by atoms with van der Waals surface area (Å²) in [7, 11) is 0. The van der Waals surface area contributed by atoms with Gasteiger partial charge in [0.1, 0.15) is 0 Å². The van der Waals surface area contributed by atoms with E-state index < -0.39 is 0 Å². The first-order valence-electron chi connectivity index (χ1n) is 6.54. The first-order valence-corrected chi connectivity index (χ1v) is 6.54. The van der Waals surface area contributed by atoms with Crippen LogP contribution in [0, 0.1) is 0 Å². The fourth-order valence-corrected chi connectivity index (χ4v) is 2.34. The van der Waals surface area contributed by atoms with Gasteiger partial charge in [-0.3, -0.25) is 0 Å². The minimum atomic E-state index is 0.222. The van der Waals surface area contributed by atoms with Gasteiger partial charge in [0.15, 0.2) is 0 Å². The SMILES string of the molecule is CCCCn1ccc2c(CC(C)N)cccc21. The molecule has 1 aromatic heterocycles. The molecule has 2 aromatic rings. The maximum absolute atomic E-state index is 5.90. The lowest BCUT2D eigenvalue weighted by Crippen LogP contribution is -2.17. The van der Waals surface area contributed by atoms with Gasteiger partial charge in [0, 0.05) is 29.7 Å². The molecule has 2 nitrogen and oxygen atoms in total. The number of rotatable bonds is 5. The van der Waals surface area contributed by atoms with Crippen LogP contribution in [-0.4, -0.2) is 10.6 Å². The van der Waals surface area contributed by atoms with Crippen LogP contribution in [0.4, 0.5) is 0 Å². The maximum Gasteiger partial charge on any atom is 0.0483 e. The van der Waals surface area contributed by atoms with Crippen LogP contribution in [0.2, 0.25) is 0 Å². The third-order valence-corrected chi connectivity index (χ3v) is 3.20. The van der Waals surface area contributed by atoms with Crippen LogP contribution in [0.5, 0.6) is 0 Å². The maximum atomic E-state index is 5.90. The molecule has 1 heterocycles. The van der Waals surface area contributed by atoms with Crippen molar-refractivity contribution in [3.63, 3.8) is 0 Å². The Morgan fingerprint density at radius 3 is 2.82 bits per heavy atom. The average molecular weight is 230 g/mol. The van der Waals surface area contributed by atoms with Crippen molar-refractivity contribution in [3.05, 3.63) is 36.0 Å². The first kappa shape index (κ1) is 12.2. The highest BCUT2D eigenvalue weighted by Gasteiger charge is 2.06. The summed E-state index contributed by atoms with van der Waals surface area (Å²) in [6, 6.07) is 8.98. The Morgan fingerprint density at radius 1 is 1.29 bits per heavy atom. The second-order valence-corrected chi connectivity index (χ2v) is 4.89. The van der Waals surface area contributed by atoms with Crippen molar-refractivity contribution >= 4 is 10.9 Å². The number of fused-ring (bicyclic) bond motifs is 1. The third kappa shape index (κ3) is 2.70. The van der Waals surface area contributed by atoms with Gasteiger partial charge >= 0.3 is 0 Å². The number of hydrogen-bond acceptors (Lipinski definition) is 1. The van der Waals surface area contributed by atoms with Crippen molar-refractivity contribution in [3.8, 4) is 0 Å². The Balaban J connectivity index is 2.35. The summed E-state index contributed by atoms with van der Waals surface area (Å²) >= 11 is 0. The molecule has 0 fully saturated rings. The van der Waals surface area contributed by atoms with E-state index in [1.807, 2.05) is 0 Å². The first-order chi connectivity index (χ1) is 8.22. The second-order valence-electron chi connectivity index (χ2n) is 4.89. The van der Waals surface area contributed by atoms with Gasteiger partial charge < -0.3 is 10.3 Å². The Bertz CT molecular complexity index is 483. The molecule has 0 spiro atoms. The van der Waals surface area contributed by atoms with Crippen LogP contribution in [0.15, 0.2) is 30.5 Å². The van der Waals surface area contributed by atoms with Gasteiger partial charge in [0.25, 0.3) is 0 Å². The normalized spacial score (nSPS) is 13.1. The second kappa shape index (κ2) is 5.37. The Labute approximate surface area is 103 Å². The standard InChI is InChI=1S/C15H22N2/c1-3-4-9-17-10-8-14-13(11-12(2)16)6-5-7-15(14)17/h5-8,10,12H,3-4,9,11,16H2,1-2H3. The lowest BCUT2D eigenvalue weighted by atomic mass is 10.0. The van der Waals surface area contributed by atoms with E-state index >= 15 is 0 Å². The number of aromatic nitrogens is 1. The molecule has 1 aromatic carbocycles. The Morgan fingerprint density at radius 2 is 2.12 bits per heavy atom. The summed E-state index contributed by atoms with van der Waals surface area (Å²) in [4.78, 5) is 0. The molecule has 0 bridgehead atoms. The van der Waals surface area contributed by atoms with E-state index in [9.17, 15) is 0 Å². The molecule has 1 unspecified atom stereocenters.